The lowest BCUT2D eigenvalue weighted by Gasteiger charge is -2.16. The van der Waals surface area contributed by atoms with Gasteiger partial charge < -0.3 is 21.9 Å². The Balaban J connectivity index is 1.92. The lowest BCUT2D eigenvalue weighted by Crippen LogP contribution is -2.16. The molecule has 1 aliphatic carbocycles. The molecule has 88 valence electrons. The molecule has 1 aliphatic rings. The summed E-state index contributed by atoms with van der Waals surface area (Å²) in [5.74, 6) is 0. The zero-order valence-corrected chi connectivity index (χ0v) is 9.37. The quantitative estimate of drug-likeness (QED) is 0.567. The second-order valence-corrected chi connectivity index (χ2v) is 4.67. The first kappa shape index (κ1) is 11.1. The molecule has 1 aromatic rings. The maximum atomic E-state index is 8.96. The van der Waals surface area contributed by atoms with Gasteiger partial charge in [-0.05, 0) is 42.9 Å². The normalized spacial score (nSPS) is 17.1. The van der Waals surface area contributed by atoms with E-state index in [9.17, 15) is 0 Å². The number of nitrogen functional groups attached to an aromatic ring is 2. The third kappa shape index (κ3) is 2.39. The fraction of sp³-hybridized carbons (Fsp3) is 0.500. The van der Waals surface area contributed by atoms with Gasteiger partial charge >= 0.3 is 0 Å². The molecule has 4 heteroatoms. The van der Waals surface area contributed by atoms with E-state index in [2.05, 4.69) is 5.32 Å². The summed E-state index contributed by atoms with van der Waals surface area (Å²) in [6.07, 6.45) is 3.28. The van der Waals surface area contributed by atoms with Gasteiger partial charge in [0.1, 0.15) is 0 Å². The third-order valence-corrected chi connectivity index (χ3v) is 3.35. The molecule has 0 unspecified atom stereocenters. The molecule has 16 heavy (non-hydrogen) atoms. The van der Waals surface area contributed by atoms with Crippen LogP contribution in [0.15, 0.2) is 18.2 Å². The van der Waals surface area contributed by atoms with Crippen LogP contribution in [0.1, 0.15) is 19.3 Å². The van der Waals surface area contributed by atoms with Crippen LogP contribution < -0.4 is 16.8 Å². The second-order valence-electron chi connectivity index (χ2n) is 4.67. The van der Waals surface area contributed by atoms with Crippen LogP contribution in [0.25, 0.3) is 0 Å². The smallest absolute Gasteiger partial charge is 0.0568 e. The van der Waals surface area contributed by atoms with Gasteiger partial charge in [-0.15, -0.1) is 0 Å². The van der Waals surface area contributed by atoms with E-state index in [0.717, 1.165) is 18.7 Å². The van der Waals surface area contributed by atoms with Gasteiger partial charge in [-0.3, -0.25) is 0 Å². The number of hydrogen-bond donors (Lipinski definition) is 4. The van der Waals surface area contributed by atoms with Gasteiger partial charge in [0.15, 0.2) is 0 Å². The molecule has 2 rings (SSSR count). The lowest BCUT2D eigenvalue weighted by atomic mass is 10.0. The van der Waals surface area contributed by atoms with Crippen molar-refractivity contribution >= 4 is 17.1 Å². The standard InChI is InChI=1S/C12H19N3O/c13-10-2-1-9(7-11(10)14)15-8-12(3-4-12)5-6-16/h1-2,7,15-16H,3-6,8,13-14H2. The maximum absolute atomic E-state index is 8.96. The van der Waals surface area contributed by atoms with Crippen molar-refractivity contribution in [1.29, 1.82) is 0 Å². The highest BCUT2D eigenvalue weighted by molar-refractivity contribution is 5.69. The highest BCUT2D eigenvalue weighted by Crippen LogP contribution is 2.48. The number of aliphatic hydroxyl groups excluding tert-OH is 1. The van der Waals surface area contributed by atoms with Crippen molar-refractivity contribution in [3.05, 3.63) is 18.2 Å². The summed E-state index contributed by atoms with van der Waals surface area (Å²) in [7, 11) is 0. The number of aliphatic hydroxyl groups is 1. The Labute approximate surface area is 95.6 Å². The Hall–Kier alpha value is -1.42. The Morgan fingerprint density at radius 3 is 2.56 bits per heavy atom. The second kappa shape index (κ2) is 4.22. The van der Waals surface area contributed by atoms with Crippen molar-refractivity contribution < 1.29 is 5.11 Å². The van der Waals surface area contributed by atoms with E-state index in [1.807, 2.05) is 18.2 Å². The summed E-state index contributed by atoms with van der Waals surface area (Å²) >= 11 is 0. The van der Waals surface area contributed by atoms with Crippen molar-refractivity contribution in [2.24, 2.45) is 5.41 Å². The SMILES string of the molecule is Nc1ccc(NCC2(CCO)CC2)cc1N. The zero-order chi connectivity index (χ0) is 11.6. The highest BCUT2D eigenvalue weighted by Gasteiger charge is 2.41. The number of nitrogens with two attached hydrogens (primary N) is 2. The van der Waals surface area contributed by atoms with Crippen LogP contribution in [-0.2, 0) is 0 Å². The van der Waals surface area contributed by atoms with Crippen molar-refractivity contribution in [2.45, 2.75) is 19.3 Å². The molecule has 0 heterocycles. The number of hydrogen-bond acceptors (Lipinski definition) is 4. The van der Waals surface area contributed by atoms with E-state index in [-0.39, 0.29) is 6.61 Å². The number of anilines is 3. The maximum Gasteiger partial charge on any atom is 0.0568 e. The first-order chi connectivity index (χ1) is 7.65. The van der Waals surface area contributed by atoms with E-state index < -0.39 is 0 Å². The fourth-order valence-corrected chi connectivity index (χ4v) is 1.90. The molecule has 0 spiro atoms. The average molecular weight is 221 g/mol. The van der Waals surface area contributed by atoms with Gasteiger partial charge in [0.05, 0.1) is 11.4 Å². The Morgan fingerprint density at radius 1 is 1.25 bits per heavy atom. The minimum Gasteiger partial charge on any atom is -0.397 e. The van der Waals surface area contributed by atoms with E-state index >= 15 is 0 Å². The predicted molar refractivity (Wildman–Crippen MR) is 67.1 cm³/mol. The predicted octanol–water partition coefficient (Wildman–Crippen LogP) is 1.43. The van der Waals surface area contributed by atoms with Gasteiger partial charge in [0.2, 0.25) is 0 Å². The summed E-state index contributed by atoms with van der Waals surface area (Å²) in [6.45, 7) is 1.17. The van der Waals surface area contributed by atoms with Gasteiger partial charge in [-0.25, -0.2) is 0 Å². The number of benzene rings is 1. The first-order valence-electron chi connectivity index (χ1n) is 5.65. The van der Waals surface area contributed by atoms with Gasteiger partial charge in [-0.1, -0.05) is 0 Å². The number of nitrogens with one attached hydrogen (secondary N) is 1. The summed E-state index contributed by atoms with van der Waals surface area (Å²) in [6, 6.07) is 5.59. The summed E-state index contributed by atoms with van der Waals surface area (Å²) < 4.78 is 0. The van der Waals surface area contributed by atoms with Crippen LogP contribution >= 0.6 is 0 Å². The molecule has 0 aromatic heterocycles. The zero-order valence-electron chi connectivity index (χ0n) is 9.37. The Kier molecular flexibility index (Phi) is 2.92. The molecule has 0 amide bonds. The van der Waals surface area contributed by atoms with E-state index in [1.54, 1.807) is 0 Å². The fourth-order valence-electron chi connectivity index (χ4n) is 1.90. The van der Waals surface area contributed by atoms with Gasteiger partial charge in [0, 0.05) is 18.8 Å². The van der Waals surface area contributed by atoms with Crippen LogP contribution in [0, 0.1) is 5.41 Å². The van der Waals surface area contributed by atoms with Gasteiger partial charge in [0.25, 0.3) is 0 Å². The van der Waals surface area contributed by atoms with Crippen molar-refractivity contribution in [3.8, 4) is 0 Å². The van der Waals surface area contributed by atoms with Crippen LogP contribution in [0.3, 0.4) is 0 Å². The Morgan fingerprint density at radius 2 is 2.00 bits per heavy atom. The summed E-state index contributed by atoms with van der Waals surface area (Å²) in [5.41, 5.74) is 13.9. The van der Waals surface area contributed by atoms with Crippen molar-refractivity contribution in [3.63, 3.8) is 0 Å². The van der Waals surface area contributed by atoms with Crippen LogP contribution in [0.5, 0.6) is 0 Å². The summed E-state index contributed by atoms with van der Waals surface area (Å²) in [4.78, 5) is 0. The molecule has 0 aliphatic heterocycles. The van der Waals surface area contributed by atoms with E-state index in [1.165, 1.54) is 12.8 Å². The molecule has 6 N–H and O–H groups in total. The number of rotatable bonds is 5. The van der Waals surface area contributed by atoms with Crippen LogP contribution in [0.2, 0.25) is 0 Å². The highest BCUT2D eigenvalue weighted by atomic mass is 16.3. The van der Waals surface area contributed by atoms with Gasteiger partial charge in [-0.2, -0.15) is 0 Å². The van der Waals surface area contributed by atoms with E-state index in [0.29, 0.717) is 16.8 Å². The molecule has 4 nitrogen and oxygen atoms in total. The molecule has 1 fully saturated rings. The lowest BCUT2D eigenvalue weighted by molar-refractivity contribution is 0.253. The van der Waals surface area contributed by atoms with Crippen molar-refractivity contribution in [1.82, 2.24) is 0 Å². The van der Waals surface area contributed by atoms with Crippen molar-refractivity contribution in [2.75, 3.05) is 29.9 Å². The molecule has 1 saturated carbocycles. The van der Waals surface area contributed by atoms with Crippen LogP contribution in [-0.4, -0.2) is 18.3 Å². The largest absolute Gasteiger partial charge is 0.397 e. The minimum absolute atomic E-state index is 0.269. The third-order valence-electron chi connectivity index (χ3n) is 3.35. The molecule has 0 radical (unpaired) electrons. The van der Waals surface area contributed by atoms with E-state index in [4.69, 9.17) is 16.6 Å². The average Bonchev–Trinajstić information content (AvgIpc) is 3.01. The minimum atomic E-state index is 0.269. The molecule has 1 aromatic carbocycles. The Bertz CT molecular complexity index is 375. The molecular weight excluding hydrogens is 202 g/mol. The first-order valence-corrected chi connectivity index (χ1v) is 5.65. The van der Waals surface area contributed by atoms with Crippen LogP contribution in [0.4, 0.5) is 17.1 Å². The summed E-state index contributed by atoms with van der Waals surface area (Å²) in [5, 5.41) is 12.3. The molecule has 0 bridgehead atoms. The molecule has 0 atom stereocenters. The molecule has 0 saturated heterocycles. The molecular formula is C12H19N3O. The topological polar surface area (TPSA) is 84.3 Å². The monoisotopic (exact) mass is 221 g/mol.